The zero-order valence-corrected chi connectivity index (χ0v) is 16.0. The molecule has 0 bridgehead atoms. The highest BCUT2D eigenvalue weighted by atomic mass is 19.4. The molecule has 0 aliphatic rings. The number of hydrogen-bond acceptors (Lipinski definition) is 2. The van der Waals surface area contributed by atoms with E-state index in [1.807, 2.05) is 0 Å². The first-order valence-electron chi connectivity index (χ1n) is 9.48. The molecule has 1 unspecified atom stereocenters. The molecule has 0 heterocycles. The molecule has 2 nitrogen and oxygen atoms in total. The first-order valence-corrected chi connectivity index (χ1v) is 9.48. The summed E-state index contributed by atoms with van der Waals surface area (Å²) in [5.41, 5.74) is -2.47. The molecule has 0 rings (SSSR count). The van der Waals surface area contributed by atoms with Gasteiger partial charge in [-0.15, -0.1) is 0 Å². The Morgan fingerprint density at radius 3 is 2.04 bits per heavy atom. The van der Waals surface area contributed by atoms with E-state index >= 15 is 0 Å². The van der Waals surface area contributed by atoms with Crippen molar-refractivity contribution in [2.24, 2.45) is 5.92 Å². The number of carbonyl (C=O) groups is 1. The Bertz CT molecular complexity index is 424. The van der Waals surface area contributed by atoms with Gasteiger partial charge in [-0.05, 0) is 31.6 Å². The summed E-state index contributed by atoms with van der Waals surface area (Å²) in [5.74, 6) is -0.458. The van der Waals surface area contributed by atoms with Crippen LogP contribution in [0.3, 0.4) is 0 Å². The highest BCUT2D eigenvalue weighted by molar-refractivity contribution is 5.69. The average Bonchev–Trinajstić information content (AvgIpc) is 2.52. The Morgan fingerprint density at radius 1 is 0.926 bits per heavy atom. The van der Waals surface area contributed by atoms with Gasteiger partial charge in [0, 0.05) is 6.42 Å². The van der Waals surface area contributed by atoms with Gasteiger partial charge in [0.15, 0.2) is 0 Å². The van der Waals surface area contributed by atoms with E-state index in [9.17, 15) is 31.1 Å². The van der Waals surface area contributed by atoms with Gasteiger partial charge >= 0.3 is 18.3 Å². The number of carbonyl (C=O) groups excluding carboxylic acids is 1. The second-order valence-electron chi connectivity index (χ2n) is 6.82. The van der Waals surface area contributed by atoms with Gasteiger partial charge in [-0.2, -0.15) is 26.3 Å². The predicted octanol–water partition coefficient (Wildman–Crippen LogP) is 7.14. The molecule has 0 saturated heterocycles. The Hall–Kier alpha value is -1.21. The third-order valence-corrected chi connectivity index (χ3v) is 4.23. The maximum Gasteiger partial charge on any atom is 0.420 e. The fourth-order valence-electron chi connectivity index (χ4n) is 2.54. The normalized spacial score (nSPS) is 13.3. The Morgan fingerprint density at radius 2 is 1.48 bits per heavy atom. The molecule has 0 aromatic heterocycles. The molecule has 0 aromatic carbocycles. The third-order valence-electron chi connectivity index (χ3n) is 4.23. The molecule has 27 heavy (non-hydrogen) atoms. The first kappa shape index (κ1) is 25.8. The monoisotopic (exact) mass is 404 g/mol. The van der Waals surface area contributed by atoms with Crippen molar-refractivity contribution in [2.45, 2.75) is 90.4 Å². The van der Waals surface area contributed by atoms with Crippen molar-refractivity contribution in [2.75, 3.05) is 6.61 Å². The van der Waals surface area contributed by atoms with E-state index in [1.54, 1.807) is 6.92 Å². The summed E-state index contributed by atoms with van der Waals surface area (Å²) in [7, 11) is 0. The molecular formula is C19H30F6O2. The van der Waals surface area contributed by atoms with Crippen LogP contribution in [0.5, 0.6) is 0 Å². The van der Waals surface area contributed by atoms with E-state index in [2.05, 4.69) is 6.92 Å². The molecular weight excluding hydrogens is 374 g/mol. The topological polar surface area (TPSA) is 26.3 Å². The summed E-state index contributed by atoms with van der Waals surface area (Å²) in [5, 5.41) is 0. The standard InChI is InChI=1S/C19H30F6O2/c1-3-4-5-6-7-8-12-17(26)27-14-13-15(2)10-9-11-16(18(20,21)22)19(23,24)25/h11,15H,3-10,12-14H2,1-2H3. The molecule has 0 fully saturated rings. The van der Waals surface area contributed by atoms with Crippen molar-refractivity contribution >= 4 is 5.97 Å². The van der Waals surface area contributed by atoms with Gasteiger partial charge in [0.2, 0.25) is 0 Å². The van der Waals surface area contributed by atoms with E-state index in [0.717, 1.165) is 32.1 Å². The van der Waals surface area contributed by atoms with Crippen LogP contribution in [-0.2, 0) is 9.53 Å². The number of allylic oxidation sites excluding steroid dienone is 2. The summed E-state index contributed by atoms with van der Waals surface area (Å²) < 4.78 is 79.3. The maximum atomic E-state index is 12.4. The number of ether oxygens (including phenoxy) is 1. The Kier molecular flexibility index (Phi) is 12.5. The average molecular weight is 404 g/mol. The van der Waals surface area contributed by atoms with Crippen LogP contribution in [0.4, 0.5) is 26.3 Å². The molecule has 0 aliphatic heterocycles. The van der Waals surface area contributed by atoms with E-state index in [0.29, 0.717) is 12.8 Å². The largest absolute Gasteiger partial charge is 0.466 e. The molecule has 8 heteroatoms. The summed E-state index contributed by atoms with van der Waals surface area (Å²) in [6.45, 7) is 3.96. The molecule has 0 saturated carbocycles. The molecule has 160 valence electrons. The minimum absolute atomic E-state index is 0.130. The van der Waals surface area contributed by atoms with E-state index < -0.39 is 17.9 Å². The van der Waals surface area contributed by atoms with Gasteiger partial charge in [0.25, 0.3) is 0 Å². The number of esters is 1. The van der Waals surface area contributed by atoms with Crippen LogP contribution in [0.25, 0.3) is 0 Å². The summed E-state index contributed by atoms with van der Waals surface area (Å²) >= 11 is 0. The van der Waals surface area contributed by atoms with E-state index in [4.69, 9.17) is 4.74 Å². The summed E-state index contributed by atoms with van der Waals surface area (Å²) in [4.78, 5) is 11.6. The van der Waals surface area contributed by atoms with Gasteiger partial charge in [0.05, 0.1) is 6.61 Å². The highest BCUT2D eigenvalue weighted by Gasteiger charge is 2.50. The minimum Gasteiger partial charge on any atom is -0.466 e. The van der Waals surface area contributed by atoms with Crippen molar-refractivity contribution in [3.8, 4) is 0 Å². The quantitative estimate of drug-likeness (QED) is 0.141. The highest BCUT2D eigenvalue weighted by Crippen LogP contribution is 2.39. The summed E-state index contributed by atoms with van der Waals surface area (Å²) in [6.07, 6.45) is -3.74. The number of rotatable bonds is 13. The predicted molar refractivity (Wildman–Crippen MR) is 92.2 cm³/mol. The van der Waals surface area contributed by atoms with Gasteiger partial charge < -0.3 is 4.74 Å². The van der Waals surface area contributed by atoms with Gasteiger partial charge in [-0.25, -0.2) is 0 Å². The Balaban J connectivity index is 3.98. The van der Waals surface area contributed by atoms with Crippen LogP contribution in [0.2, 0.25) is 0 Å². The fourth-order valence-corrected chi connectivity index (χ4v) is 2.54. The van der Waals surface area contributed by atoms with Crippen LogP contribution in [0, 0.1) is 5.92 Å². The van der Waals surface area contributed by atoms with Crippen molar-refractivity contribution < 1.29 is 35.9 Å². The molecule has 1 atom stereocenters. The molecule has 0 N–H and O–H groups in total. The van der Waals surface area contributed by atoms with Crippen molar-refractivity contribution in [1.82, 2.24) is 0 Å². The smallest absolute Gasteiger partial charge is 0.420 e. The van der Waals surface area contributed by atoms with Crippen molar-refractivity contribution in [3.05, 3.63) is 11.6 Å². The molecule has 0 amide bonds. The van der Waals surface area contributed by atoms with Crippen LogP contribution in [0.1, 0.15) is 78.1 Å². The third kappa shape index (κ3) is 13.6. The second kappa shape index (κ2) is 13.0. The zero-order chi connectivity index (χ0) is 20.9. The molecule has 0 aromatic rings. The minimum atomic E-state index is -5.41. The number of halogens is 6. The lowest BCUT2D eigenvalue weighted by molar-refractivity contribution is -0.172. The van der Waals surface area contributed by atoms with Crippen LogP contribution in [-0.4, -0.2) is 24.9 Å². The van der Waals surface area contributed by atoms with Crippen LogP contribution < -0.4 is 0 Å². The lowest BCUT2D eigenvalue weighted by atomic mass is 10.0. The molecule has 0 aliphatic carbocycles. The Labute approximate surface area is 157 Å². The zero-order valence-electron chi connectivity index (χ0n) is 16.0. The van der Waals surface area contributed by atoms with Crippen LogP contribution in [0.15, 0.2) is 11.6 Å². The van der Waals surface area contributed by atoms with Gasteiger partial charge in [0.1, 0.15) is 5.57 Å². The van der Waals surface area contributed by atoms with Crippen molar-refractivity contribution in [1.29, 1.82) is 0 Å². The van der Waals surface area contributed by atoms with Crippen LogP contribution >= 0.6 is 0 Å². The fraction of sp³-hybridized carbons (Fsp3) is 0.842. The lowest BCUT2D eigenvalue weighted by Crippen LogP contribution is -2.26. The van der Waals surface area contributed by atoms with E-state index in [1.165, 1.54) is 6.42 Å². The lowest BCUT2D eigenvalue weighted by Gasteiger charge is -2.15. The SMILES string of the molecule is CCCCCCCCC(=O)OCCC(C)CCC=C(C(F)(F)F)C(F)(F)F. The van der Waals surface area contributed by atoms with Gasteiger partial charge in [-0.1, -0.05) is 52.0 Å². The number of unbranched alkanes of at least 4 members (excludes halogenated alkanes) is 5. The van der Waals surface area contributed by atoms with E-state index in [-0.39, 0.29) is 37.4 Å². The number of hydrogen-bond donors (Lipinski definition) is 0. The maximum absolute atomic E-state index is 12.4. The second-order valence-corrected chi connectivity index (χ2v) is 6.82. The van der Waals surface area contributed by atoms with Gasteiger partial charge in [-0.3, -0.25) is 4.79 Å². The molecule has 0 spiro atoms. The summed E-state index contributed by atoms with van der Waals surface area (Å²) in [6, 6.07) is 0. The van der Waals surface area contributed by atoms with Crippen molar-refractivity contribution in [3.63, 3.8) is 0 Å². The molecule has 0 radical (unpaired) electrons. The first-order chi connectivity index (χ1) is 12.5. The number of alkyl halides is 6.